The molecule has 112 valence electrons. The Kier molecular flexibility index (Phi) is 5.05. The lowest BCUT2D eigenvalue weighted by atomic mass is 10.0. The van der Waals surface area contributed by atoms with E-state index in [0.29, 0.717) is 10.6 Å². The van der Waals surface area contributed by atoms with Crippen molar-refractivity contribution in [2.24, 2.45) is 5.92 Å². The normalized spacial score (nSPS) is 17.4. The Morgan fingerprint density at radius 1 is 1.20 bits per heavy atom. The monoisotopic (exact) mass is 297 g/mol. The minimum absolute atomic E-state index is 0.0900. The van der Waals surface area contributed by atoms with E-state index in [2.05, 4.69) is 5.32 Å². The summed E-state index contributed by atoms with van der Waals surface area (Å²) >= 11 is 0. The van der Waals surface area contributed by atoms with Gasteiger partial charge in [-0.05, 0) is 70.0 Å². The molecule has 1 aliphatic rings. The number of sulfone groups is 1. The quantitative estimate of drug-likeness (QED) is 0.905. The zero-order valence-corrected chi connectivity index (χ0v) is 12.9. The lowest BCUT2D eigenvalue weighted by Crippen LogP contribution is -2.31. The molecule has 0 unspecified atom stereocenters. The smallest absolute Gasteiger partial charge is 0.178 e. The predicted molar refractivity (Wildman–Crippen MR) is 79.9 cm³/mol. The average molecular weight is 297 g/mol. The van der Waals surface area contributed by atoms with Gasteiger partial charge >= 0.3 is 0 Å². The largest absolute Gasteiger partial charge is 0.491 e. The molecule has 1 fully saturated rings. The van der Waals surface area contributed by atoms with Crippen LogP contribution in [0.1, 0.15) is 26.7 Å². The molecule has 0 aliphatic carbocycles. The first-order valence-electron chi connectivity index (χ1n) is 7.17. The molecule has 1 aromatic rings. The van der Waals surface area contributed by atoms with Gasteiger partial charge < -0.3 is 10.1 Å². The molecule has 0 saturated carbocycles. The van der Waals surface area contributed by atoms with Crippen LogP contribution >= 0.6 is 0 Å². The summed E-state index contributed by atoms with van der Waals surface area (Å²) in [7, 11) is -3.19. The predicted octanol–water partition coefficient (Wildman–Crippen LogP) is 2.25. The van der Waals surface area contributed by atoms with Crippen molar-refractivity contribution in [3.63, 3.8) is 0 Å². The Hall–Kier alpha value is -1.07. The van der Waals surface area contributed by atoms with Crippen molar-refractivity contribution >= 4 is 9.84 Å². The Balaban J connectivity index is 2.04. The molecule has 20 heavy (non-hydrogen) atoms. The molecule has 5 heteroatoms. The van der Waals surface area contributed by atoms with Gasteiger partial charge in [0, 0.05) is 0 Å². The molecular formula is C15H23NO3S. The van der Waals surface area contributed by atoms with Crippen LogP contribution in [0.4, 0.5) is 0 Å². The van der Waals surface area contributed by atoms with Crippen molar-refractivity contribution in [2.75, 3.05) is 18.8 Å². The van der Waals surface area contributed by atoms with E-state index in [9.17, 15) is 8.42 Å². The highest BCUT2D eigenvalue weighted by molar-refractivity contribution is 7.91. The van der Waals surface area contributed by atoms with E-state index in [1.54, 1.807) is 24.3 Å². The molecule has 1 saturated heterocycles. The van der Waals surface area contributed by atoms with E-state index in [0.717, 1.165) is 25.9 Å². The van der Waals surface area contributed by atoms with E-state index in [1.165, 1.54) is 0 Å². The number of hydrogen-bond donors (Lipinski definition) is 1. The lowest BCUT2D eigenvalue weighted by Gasteiger charge is -2.22. The maximum Gasteiger partial charge on any atom is 0.178 e. The van der Waals surface area contributed by atoms with Crippen molar-refractivity contribution in [2.45, 2.75) is 37.7 Å². The van der Waals surface area contributed by atoms with Gasteiger partial charge in [0.25, 0.3) is 0 Å². The summed E-state index contributed by atoms with van der Waals surface area (Å²) in [4.78, 5) is 0.395. The summed E-state index contributed by atoms with van der Waals surface area (Å²) in [5.41, 5.74) is 0. The van der Waals surface area contributed by atoms with Gasteiger partial charge in [0.05, 0.1) is 16.8 Å². The van der Waals surface area contributed by atoms with Crippen LogP contribution in [0.25, 0.3) is 0 Å². The van der Waals surface area contributed by atoms with Crippen LogP contribution in [-0.2, 0) is 9.84 Å². The number of hydrogen-bond acceptors (Lipinski definition) is 4. The maximum absolute atomic E-state index is 12.4. The van der Waals surface area contributed by atoms with Gasteiger partial charge in [-0.3, -0.25) is 0 Å². The van der Waals surface area contributed by atoms with E-state index >= 15 is 0 Å². The summed E-state index contributed by atoms with van der Waals surface area (Å²) in [6.07, 6.45) is 1.97. The minimum atomic E-state index is -3.19. The summed E-state index contributed by atoms with van der Waals surface area (Å²) in [6, 6.07) is 6.76. The molecule has 0 radical (unpaired) electrons. The Bertz CT molecular complexity index is 517. The second-order valence-electron chi connectivity index (χ2n) is 5.61. The standard InChI is InChI=1S/C15H23NO3S/c1-12(2)19-14-3-5-15(6-4-14)20(17,18)11-13-7-9-16-10-8-13/h3-6,12-13,16H,7-11H2,1-2H3. The van der Waals surface area contributed by atoms with Crippen molar-refractivity contribution in [3.8, 4) is 5.75 Å². The first kappa shape index (κ1) is 15.3. The lowest BCUT2D eigenvalue weighted by molar-refractivity contribution is 0.242. The van der Waals surface area contributed by atoms with Crippen LogP contribution in [0.2, 0.25) is 0 Å². The molecule has 0 aromatic heterocycles. The zero-order valence-electron chi connectivity index (χ0n) is 12.1. The Morgan fingerprint density at radius 2 is 1.80 bits per heavy atom. The van der Waals surface area contributed by atoms with Gasteiger partial charge in [-0.1, -0.05) is 0 Å². The second-order valence-corrected chi connectivity index (χ2v) is 7.65. The third-order valence-corrected chi connectivity index (χ3v) is 5.37. The number of piperidine rings is 1. The molecule has 1 aromatic carbocycles. The van der Waals surface area contributed by atoms with Gasteiger partial charge in [0.15, 0.2) is 9.84 Å². The fourth-order valence-corrected chi connectivity index (χ4v) is 4.15. The fourth-order valence-electron chi connectivity index (χ4n) is 2.45. The number of benzene rings is 1. The van der Waals surface area contributed by atoms with E-state index in [4.69, 9.17) is 4.74 Å². The van der Waals surface area contributed by atoms with Crippen LogP contribution in [0.15, 0.2) is 29.2 Å². The summed E-state index contributed by atoms with van der Waals surface area (Å²) in [5, 5.41) is 3.25. The summed E-state index contributed by atoms with van der Waals surface area (Å²) in [5.74, 6) is 1.23. The molecule has 4 nitrogen and oxygen atoms in total. The van der Waals surface area contributed by atoms with Crippen LogP contribution in [0.3, 0.4) is 0 Å². The molecule has 0 atom stereocenters. The highest BCUT2D eigenvalue weighted by Crippen LogP contribution is 2.22. The van der Waals surface area contributed by atoms with E-state index in [1.807, 2.05) is 13.8 Å². The van der Waals surface area contributed by atoms with Crippen LogP contribution < -0.4 is 10.1 Å². The molecule has 0 amide bonds. The maximum atomic E-state index is 12.4. The minimum Gasteiger partial charge on any atom is -0.491 e. The van der Waals surface area contributed by atoms with Crippen molar-refractivity contribution in [1.29, 1.82) is 0 Å². The molecule has 2 rings (SSSR count). The summed E-state index contributed by atoms with van der Waals surface area (Å²) < 4.78 is 30.3. The van der Waals surface area contributed by atoms with E-state index in [-0.39, 0.29) is 17.8 Å². The highest BCUT2D eigenvalue weighted by Gasteiger charge is 2.22. The third kappa shape index (κ3) is 4.21. The van der Waals surface area contributed by atoms with Crippen LogP contribution in [0.5, 0.6) is 5.75 Å². The SMILES string of the molecule is CC(C)Oc1ccc(S(=O)(=O)CC2CCNCC2)cc1. The van der Waals surface area contributed by atoms with Gasteiger partial charge in [0.1, 0.15) is 5.75 Å². The first-order chi connectivity index (χ1) is 9.47. The second kappa shape index (κ2) is 6.59. The highest BCUT2D eigenvalue weighted by atomic mass is 32.2. The van der Waals surface area contributed by atoms with Gasteiger partial charge in [-0.25, -0.2) is 8.42 Å². The first-order valence-corrected chi connectivity index (χ1v) is 8.83. The average Bonchev–Trinajstić information content (AvgIpc) is 2.39. The van der Waals surface area contributed by atoms with Gasteiger partial charge in [0.2, 0.25) is 0 Å². The van der Waals surface area contributed by atoms with Gasteiger partial charge in [-0.15, -0.1) is 0 Å². The summed E-state index contributed by atoms with van der Waals surface area (Å²) in [6.45, 7) is 5.73. The molecule has 0 bridgehead atoms. The van der Waals surface area contributed by atoms with Gasteiger partial charge in [-0.2, -0.15) is 0 Å². The van der Waals surface area contributed by atoms with Crippen molar-refractivity contribution in [1.82, 2.24) is 5.32 Å². The number of ether oxygens (including phenoxy) is 1. The van der Waals surface area contributed by atoms with Crippen LogP contribution in [0, 0.1) is 5.92 Å². The Morgan fingerprint density at radius 3 is 2.35 bits per heavy atom. The zero-order chi connectivity index (χ0) is 14.6. The van der Waals surface area contributed by atoms with Crippen LogP contribution in [-0.4, -0.2) is 33.4 Å². The number of nitrogens with one attached hydrogen (secondary N) is 1. The topological polar surface area (TPSA) is 55.4 Å². The Labute approximate surface area is 121 Å². The molecular weight excluding hydrogens is 274 g/mol. The third-order valence-electron chi connectivity index (χ3n) is 3.47. The van der Waals surface area contributed by atoms with Crippen molar-refractivity contribution < 1.29 is 13.2 Å². The number of rotatable bonds is 5. The molecule has 1 aliphatic heterocycles. The van der Waals surface area contributed by atoms with E-state index < -0.39 is 9.84 Å². The molecule has 1 N–H and O–H groups in total. The molecule has 1 heterocycles. The van der Waals surface area contributed by atoms with Crippen molar-refractivity contribution in [3.05, 3.63) is 24.3 Å². The fraction of sp³-hybridized carbons (Fsp3) is 0.600. The molecule has 0 spiro atoms.